The van der Waals surface area contributed by atoms with Gasteiger partial charge in [-0.05, 0) is 55.8 Å². The lowest BCUT2D eigenvalue weighted by Gasteiger charge is -2.32. The summed E-state index contributed by atoms with van der Waals surface area (Å²) in [4.78, 5) is 0. The first-order valence-corrected chi connectivity index (χ1v) is 8.51. The molecule has 3 nitrogen and oxygen atoms in total. The van der Waals surface area contributed by atoms with Crippen LogP contribution < -0.4 is 5.32 Å². The van der Waals surface area contributed by atoms with E-state index in [4.69, 9.17) is 0 Å². The highest BCUT2D eigenvalue weighted by atomic mass is 15.3. The summed E-state index contributed by atoms with van der Waals surface area (Å²) in [5.41, 5.74) is 2.67. The quantitative estimate of drug-likeness (QED) is 0.914. The molecule has 5 unspecified atom stereocenters. The van der Waals surface area contributed by atoms with E-state index >= 15 is 0 Å². The molecule has 0 aromatic carbocycles. The molecule has 1 aromatic heterocycles. The number of nitrogens with zero attached hydrogens (tertiary/aromatic N) is 2. The number of nitrogens with one attached hydrogen (secondary N) is 1. The molecule has 0 aliphatic heterocycles. The molecule has 3 fully saturated rings. The molecule has 2 bridgehead atoms. The molecule has 4 rings (SSSR count). The van der Waals surface area contributed by atoms with Gasteiger partial charge in [-0.25, -0.2) is 0 Å². The maximum Gasteiger partial charge on any atom is 0.0666 e. The van der Waals surface area contributed by atoms with Crippen molar-refractivity contribution in [3.05, 3.63) is 17.5 Å². The minimum Gasteiger partial charge on any atom is -0.310 e. The molecule has 1 heterocycles. The zero-order valence-corrected chi connectivity index (χ0v) is 12.8. The summed E-state index contributed by atoms with van der Waals surface area (Å²) in [7, 11) is 2.03. The van der Waals surface area contributed by atoms with Crippen LogP contribution in [0.4, 0.5) is 0 Å². The van der Waals surface area contributed by atoms with Crippen LogP contribution >= 0.6 is 0 Å². The number of aromatic nitrogens is 2. The summed E-state index contributed by atoms with van der Waals surface area (Å²) in [6, 6.07) is 0.782. The number of aryl methyl sites for hydroxylation is 2. The Labute approximate surface area is 122 Å². The summed E-state index contributed by atoms with van der Waals surface area (Å²) < 4.78 is 1.96. The summed E-state index contributed by atoms with van der Waals surface area (Å²) in [5, 5.41) is 8.43. The summed E-state index contributed by atoms with van der Waals surface area (Å²) in [5.74, 6) is 4.19. The Morgan fingerprint density at radius 2 is 2.10 bits per heavy atom. The van der Waals surface area contributed by atoms with Gasteiger partial charge in [-0.1, -0.05) is 13.3 Å². The van der Waals surface area contributed by atoms with E-state index < -0.39 is 0 Å². The lowest BCUT2D eigenvalue weighted by molar-refractivity contribution is 0.208. The largest absolute Gasteiger partial charge is 0.310 e. The lowest BCUT2D eigenvalue weighted by Crippen LogP contribution is -2.39. The average Bonchev–Trinajstić information content (AvgIpc) is 3.16. The Bertz CT molecular complexity index is 492. The van der Waals surface area contributed by atoms with Crippen molar-refractivity contribution in [2.24, 2.45) is 30.7 Å². The summed E-state index contributed by atoms with van der Waals surface area (Å²) >= 11 is 0. The normalized spacial score (nSPS) is 38.6. The average molecular weight is 273 g/mol. The Morgan fingerprint density at radius 3 is 2.95 bits per heavy atom. The molecule has 0 radical (unpaired) electrons. The number of fused-ring (bicyclic) bond motifs is 5. The second-order valence-electron chi connectivity index (χ2n) is 7.27. The molecule has 3 saturated carbocycles. The second kappa shape index (κ2) is 4.87. The van der Waals surface area contributed by atoms with Gasteiger partial charge in [0.1, 0.15) is 0 Å². The maximum absolute atomic E-state index is 4.55. The predicted octanol–water partition coefficient (Wildman–Crippen LogP) is 2.90. The van der Waals surface area contributed by atoms with Crippen molar-refractivity contribution in [1.29, 1.82) is 0 Å². The number of hydrogen-bond acceptors (Lipinski definition) is 2. The van der Waals surface area contributed by atoms with Crippen LogP contribution in [-0.2, 0) is 20.0 Å². The first-order chi connectivity index (χ1) is 9.76. The Balaban J connectivity index is 1.41. The minimum absolute atomic E-state index is 0.782. The Hall–Kier alpha value is -0.830. The predicted molar refractivity (Wildman–Crippen MR) is 80.3 cm³/mol. The van der Waals surface area contributed by atoms with Crippen LogP contribution in [0.15, 0.2) is 6.20 Å². The molecular weight excluding hydrogens is 246 g/mol. The smallest absolute Gasteiger partial charge is 0.0666 e. The fraction of sp³-hybridized carbons (Fsp3) is 0.824. The summed E-state index contributed by atoms with van der Waals surface area (Å²) in [6.07, 6.45) is 10.7. The van der Waals surface area contributed by atoms with Gasteiger partial charge in [0.15, 0.2) is 0 Å². The number of rotatable bonds is 4. The van der Waals surface area contributed by atoms with E-state index in [1.54, 1.807) is 0 Å². The fourth-order valence-corrected chi connectivity index (χ4v) is 5.57. The topological polar surface area (TPSA) is 29.9 Å². The zero-order chi connectivity index (χ0) is 13.7. The minimum atomic E-state index is 0.782. The summed E-state index contributed by atoms with van der Waals surface area (Å²) in [6.45, 7) is 3.22. The van der Waals surface area contributed by atoms with Crippen LogP contribution in [0.25, 0.3) is 0 Å². The molecule has 110 valence electrons. The van der Waals surface area contributed by atoms with E-state index in [2.05, 4.69) is 23.5 Å². The van der Waals surface area contributed by atoms with E-state index in [0.717, 1.165) is 42.7 Å². The van der Waals surface area contributed by atoms with Crippen molar-refractivity contribution in [3.63, 3.8) is 0 Å². The van der Waals surface area contributed by atoms with Gasteiger partial charge in [0.25, 0.3) is 0 Å². The van der Waals surface area contributed by atoms with E-state index in [0.29, 0.717) is 0 Å². The highest BCUT2D eigenvalue weighted by molar-refractivity contribution is 5.17. The molecule has 0 spiro atoms. The van der Waals surface area contributed by atoms with Crippen molar-refractivity contribution < 1.29 is 0 Å². The molecule has 1 N–H and O–H groups in total. The molecule has 0 saturated heterocycles. The van der Waals surface area contributed by atoms with Crippen LogP contribution in [0.3, 0.4) is 0 Å². The third kappa shape index (κ3) is 1.93. The van der Waals surface area contributed by atoms with Gasteiger partial charge in [-0.2, -0.15) is 5.10 Å². The Kier molecular flexibility index (Phi) is 3.13. The van der Waals surface area contributed by atoms with Crippen molar-refractivity contribution in [1.82, 2.24) is 15.1 Å². The van der Waals surface area contributed by atoms with Crippen LogP contribution in [0.2, 0.25) is 0 Å². The van der Waals surface area contributed by atoms with Crippen molar-refractivity contribution in [2.45, 2.75) is 58.0 Å². The lowest BCUT2D eigenvalue weighted by atomic mass is 9.79. The van der Waals surface area contributed by atoms with Gasteiger partial charge in [-0.3, -0.25) is 4.68 Å². The standard InChI is InChI=1S/C17H27N3/c1-3-16-12(10-20(2)19-16)9-18-17-8-11-7-15(17)14-6-4-5-13(11)14/h10-11,13-15,17-18H,3-9H2,1-2H3. The van der Waals surface area contributed by atoms with Gasteiger partial charge >= 0.3 is 0 Å². The van der Waals surface area contributed by atoms with Gasteiger partial charge in [0.05, 0.1) is 5.69 Å². The third-order valence-electron chi connectivity index (χ3n) is 6.31. The van der Waals surface area contributed by atoms with E-state index in [9.17, 15) is 0 Å². The highest BCUT2D eigenvalue weighted by Gasteiger charge is 2.53. The molecular formula is C17H27N3. The van der Waals surface area contributed by atoms with E-state index in [1.165, 1.54) is 43.4 Å². The first-order valence-electron chi connectivity index (χ1n) is 8.51. The zero-order valence-electron chi connectivity index (χ0n) is 12.8. The van der Waals surface area contributed by atoms with Crippen LogP contribution in [0.5, 0.6) is 0 Å². The van der Waals surface area contributed by atoms with E-state index in [1.807, 2.05) is 11.7 Å². The monoisotopic (exact) mass is 273 g/mol. The van der Waals surface area contributed by atoms with Gasteiger partial charge in [-0.15, -0.1) is 0 Å². The molecule has 1 aromatic rings. The van der Waals surface area contributed by atoms with Gasteiger partial charge in [0, 0.05) is 31.4 Å². The van der Waals surface area contributed by atoms with Crippen molar-refractivity contribution in [3.8, 4) is 0 Å². The molecule has 0 amide bonds. The van der Waals surface area contributed by atoms with Crippen molar-refractivity contribution >= 4 is 0 Å². The molecule has 3 aliphatic carbocycles. The molecule has 5 atom stereocenters. The molecule has 20 heavy (non-hydrogen) atoms. The highest BCUT2D eigenvalue weighted by Crippen LogP contribution is 2.58. The maximum atomic E-state index is 4.55. The van der Waals surface area contributed by atoms with Crippen LogP contribution in [-0.4, -0.2) is 15.8 Å². The van der Waals surface area contributed by atoms with Crippen molar-refractivity contribution in [2.75, 3.05) is 0 Å². The van der Waals surface area contributed by atoms with E-state index in [-0.39, 0.29) is 0 Å². The fourth-order valence-electron chi connectivity index (χ4n) is 5.57. The Morgan fingerprint density at radius 1 is 1.25 bits per heavy atom. The second-order valence-corrected chi connectivity index (χ2v) is 7.27. The number of hydrogen-bond donors (Lipinski definition) is 1. The van der Waals surface area contributed by atoms with Crippen LogP contribution in [0.1, 0.15) is 50.3 Å². The van der Waals surface area contributed by atoms with Crippen LogP contribution in [0, 0.1) is 23.7 Å². The SMILES string of the molecule is CCc1nn(C)cc1CNC1CC2CC1C1CCCC21. The van der Waals surface area contributed by atoms with Gasteiger partial charge in [0.2, 0.25) is 0 Å². The molecule has 3 aliphatic rings. The molecule has 3 heteroatoms. The first kappa shape index (κ1) is 12.9. The third-order valence-corrected chi connectivity index (χ3v) is 6.31. The van der Waals surface area contributed by atoms with Gasteiger partial charge < -0.3 is 5.32 Å².